The molecule has 0 amide bonds. The highest BCUT2D eigenvalue weighted by Crippen LogP contribution is 2.25. The highest BCUT2D eigenvalue weighted by atomic mass is 16.5. The summed E-state index contributed by atoms with van der Waals surface area (Å²) >= 11 is 0. The van der Waals surface area contributed by atoms with Crippen molar-refractivity contribution in [2.45, 2.75) is 45.6 Å². The van der Waals surface area contributed by atoms with Crippen molar-refractivity contribution in [1.29, 1.82) is 0 Å². The second kappa shape index (κ2) is 4.04. The Hall–Kier alpha value is -0.370. The van der Waals surface area contributed by atoms with Crippen LogP contribution in [-0.2, 0) is 9.53 Å². The summed E-state index contributed by atoms with van der Waals surface area (Å²) in [5.74, 6) is 0. The smallest absolute Gasteiger partial charge is 0.125 e. The lowest BCUT2D eigenvalue weighted by molar-refractivity contribution is -0.117. The van der Waals surface area contributed by atoms with E-state index in [0.29, 0.717) is 6.10 Å². The topological polar surface area (TPSA) is 26.3 Å². The molecule has 0 radical (unpaired) electrons. The molecule has 0 aromatic rings. The average molecular weight is 170 g/mol. The Kier molecular flexibility index (Phi) is 3.27. The van der Waals surface area contributed by atoms with Crippen LogP contribution in [0.15, 0.2) is 0 Å². The van der Waals surface area contributed by atoms with E-state index in [1.807, 2.05) is 13.8 Å². The zero-order chi connectivity index (χ0) is 9.03. The first-order valence-corrected chi connectivity index (χ1v) is 4.72. The molecule has 2 heteroatoms. The molecule has 1 fully saturated rings. The maximum Gasteiger partial charge on any atom is 0.125 e. The third-order valence-electron chi connectivity index (χ3n) is 2.35. The van der Waals surface area contributed by atoms with Gasteiger partial charge in [-0.25, -0.2) is 0 Å². The maximum atomic E-state index is 10.6. The Morgan fingerprint density at radius 3 is 2.75 bits per heavy atom. The summed E-state index contributed by atoms with van der Waals surface area (Å²) in [6, 6.07) is 0. The van der Waals surface area contributed by atoms with Crippen molar-refractivity contribution >= 4 is 6.29 Å². The maximum absolute atomic E-state index is 10.6. The van der Waals surface area contributed by atoms with Gasteiger partial charge in [0.25, 0.3) is 0 Å². The predicted octanol–water partition coefficient (Wildman–Crippen LogP) is 2.17. The fraction of sp³-hybridized carbons (Fsp3) is 0.900. The molecule has 0 aliphatic carbocycles. The summed E-state index contributed by atoms with van der Waals surface area (Å²) < 4.78 is 5.56. The van der Waals surface area contributed by atoms with E-state index in [1.165, 1.54) is 12.8 Å². The van der Waals surface area contributed by atoms with Crippen LogP contribution in [0.4, 0.5) is 0 Å². The van der Waals surface area contributed by atoms with Crippen LogP contribution in [0.25, 0.3) is 0 Å². The van der Waals surface area contributed by atoms with E-state index >= 15 is 0 Å². The molecule has 1 aliphatic heterocycles. The summed E-state index contributed by atoms with van der Waals surface area (Å²) in [5.41, 5.74) is -0.206. The molecule has 2 nitrogen and oxygen atoms in total. The molecule has 1 heterocycles. The van der Waals surface area contributed by atoms with Crippen LogP contribution in [0.2, 0.25) is 0 Å². The van der Waals surface area contributed by atoms with E-state index in [-0.39, 0.29) is 5.41 Å². The van der Waals surface area contributed by atoms with Crippen molar-refractivity contribution in [3.63, 3.8) is 0 Å². The number of carbonyl (C=O) groups is 1. The van der Waals surface area contributed by atoms with Gasteiger partial charge in [0.05, 0.1) is 6.10 Å². The van der Waals surface area contributed by atoms with Gasteiger partial charge in [-0.2, -0.15) is 0 Å². The Bertz CT molecular complexity index is 146. The van der Waals surface area contributed by atoms with Crippen molar-refractivity contribution in [3.8, 4) is 0 Å². The monoisotopic (exact) mass is 170 g/mol. The second-order valence-electron chi connectivity index (χ2n) is 4.30. The summed E-state index contributed by atoms with van der Waals surface area (Å²) in [6.45, 7) is 4.82. The zero-order valence-electron chi connectivity index (χ0n) is 8.01. The summed E-state index contributed by atoms with van der Waals surface area (Å²) in [4.78, 5) is 10.6. The molecule has 0 spiro atoms. The Morgan fingerprint density at radius 2 is 2.25 bits per heavy atom. The van der Waals surface area contributed by atoms with Crippen molar-refractivity contribution in [2.75, 3.05) is 6.61 Å². The van der Waals surface area contributed by atoms with Gasteiger partial charge in [0.1, 0.15) is 6.29 Å². The first-order valence-electron chi connectivity index (χ1n) is 4.72. The molecule has 0 N–H and O–H groups in total. The highest BCUT2D eigenvalue weighted by Gasteiger charge is 2.24. The van der Waals surface area contributed by atoms with Crippen LogP contribution in [0.3, 0.4) is 0 Å². The number of hydrogen-bond donors (Lipinski definition) is 0. The molecule has 1 saturated heterocycles. The van der Waals surface area contributed by atoms with Crippen LogP contribution >= 0.6 is 0 Å². The van der Waals surface area contributed by atoms with Crippen LogP contribution in [0.1, 0.15) is 39.5 Å². The number of carbonyl (C=O) groups excluding carboxylic acids is 1. The van der Waals surface area contributed by atoms with Crippen LogP contribution < -0.4 is 0 Å². The highest BCUT2D eigenvalue weighted by molar-refractivity contribution is 5.57. The van der Waals surface area contributed by atoms with Gasteiger partial charge in [-0.3, -0.25) is 0 Å². The first kappa shape index (κ1) is 9.72. The number of hydrogen-bond acceptors (Lipinski definition) is 2. The van der Waals surface area contributed by atoms with Crippen molar-refractivity contribution < 1.29 is 9.53 Å². The van der Waals surface area contributed by atoms with Gasteiger partial charge in [0.2, 0.25) is 0 Å². The standard InChI is InChI=1S/C10H18O2/c1-10(2,8-11)7-9-5-3-4-6-12-9/h8-9H,3-7H2,1-2H3. The lowest BCUT2D eigenvalue weighted by atomic mass is 9.86. The third kappa shape index (κ3) is 2.94. The molecular weight excluding hydrogens is 152 g/mol. The van der Waals surface area contributed by atoms with Crippen LogP contribution in [0.5, 0.6) is 0 Å². The van der Waals surface area contributed by atoms with Crippen LogP contribution in [0, 0.1) is 5.41 Å². The van der Waals surface area contributed by atoms with Gasteiger partial charge in [0.15, 0.2) is 0 Å². The Labute approximate surface area is 74.3 Å². The number of ether oxygens (including phenoxy) is 1. The van der Waals surface area contributed by atoms with Gasteiger partial charge in [-0.1, -0.05) is 13.8 Å². The molecule has 0 saturated carbocycles. The lowest BCUT2D eigenvalue weighted by Gasteiger charge is -2.28. The van der Waals surface area contributed by atoms with E-state index in [4.69, 9.17) is 4.74 Å². The van der Waals surface area contributed by atoms with Gasteiger partial charge < -0.3 is 9.53 Å². The number of rotatable bonds is 3. The molecule has 1 aliphatic rings. The summed E-state index contributed by atoms with van der Waals surface area (Å²) in [5, 5.41) is 0. The van der Waals surface area contributed by atoms with Crippen LogP contribution in [-0.4, -0.2) is 19.0 Å². The Balaban J connectivity index is 2.33. The largest absolute Gasteiger partial charge is 0.378 e. The third-order valence-corrected chi connectivity index (χ3v) is 2.35. The Morgan fingerprint density at radius 1 is 1.50 bits per heavy atom. The number of aldehydes is 1. The van der Waals surface area contributed by atoms with E-state index in [9.17, 15) is 4.79 Å². The van der Waals surface area contributed by atoms with Crippen molar-refractivity contribution in [2.24, 2.45) is 5.41 Å². The SMILES string of the molecule is CC(C)(C=O)CC1CCCCO1. The summed E-state index contributed by atoms with van der Waals surface area (Å²) in [6.07, 6.45) is 5.77. The molecule has 70 valence electrons. The molecule has 1 atom stereocenters. The second-order valence-corrected chi connectivity index (χ2v) is 4.30. The average Bonchev–Trinajstić information content (AvgIpc) is 2.06. The molecule has 0 bridgehead atoms. The molecule has 0 aromatic heterocycles. The molecule has 1 unspecified atom stereocenters. The van der Waals surface area contributed by atoms with E-state index in [0.717, 1.165) is 25.7 Å². The molecular formula is C10H18O2. The van der Waals surface area contributed by atoms with Crippen molar-refractivity contribution in [1.82, 2.24) is 0 Å². The van der Waals surface area contributed by atoms with Gasteiger partial charge in [0, 0.05) is 12.0 Å². The van der Waals surface area contributed by atoms with Gasteiger partial charge >= 0.3 is 0 Å². The first-order chi connectivity index (χ1) is 5.64. The fourth-order valence-electron chi connectivity index (χ4n) is 1.60. The van der Waals surface area contributed by atoms with E-state index in [1.54, 1.807) is 0 Å². The fourth-order valence-corrected chi connectivity index (χ4v) is 1.60. The zero-order valence-corrected chi connectivity index (χ0v) is 8.01. The lowest BCUT2D eigenvalue weighted by Crippen LogP contribution is -2.27. The quantitative estimate of drug-likeness (QED) is 0.607. The molecule has 12 heavy (non-hydrogen) atoms. The van der Waals surface area contributed by atoms with E-state index in [2.05, 4.69) is 0 Å². The van der Waals surface area contributed by atoms with Gasteiger partial charge in [-0.05, 0) is 25.7 Å². The predicted molar refractivity (Wildman–Crippen MR) is 48.1 cm³/mol. The van der Waals surface area contributed by atoms with E-state index < -0.39 is 0 Å². The molecule has 1 rings (SSSR count). The minimum atomic E-state index is -0.206. The normalized spacial score (nSPS) is 25.3. The minimum absolute atomic E-state index is 0.206. The summed E-state index contributed by atoms with van der Waals surface area (Å²) in [7, 11) is 0. The van der Waals surface area contributed by atoms with Crippen molar-refractivity contribution in [3.05, 3.63) is 0 Å². The minimum Gasteiger partial charge on any atom is -0.378 e. The van der Waals surface area contributed by atoms with Gasteiger partial charge in [-0.15, -0.1) is 0 Å². The molecule has 0 aromatic carbocycles.